The highest BCUT2D eigenvalue weighted by atomic mass is 15.1. The van der Waals surface area contributed by atoms with Gasteiger partial charge in [-0.05, 0) is 18.8 Å². The molecule has 1 heterocycles. The maximum Gasteiger partial charge on any atom is 0.182 e. The third-order valence-corrected chi connectivity index (χ3v) is 2.20. The van der Waals surface area contributed by atoms with E-state index in [0.717, 1.165) is 18.8 Å². The maximum atomic E-state index is 8.54. The summed E-state index contributed by atoms with van der Waals surface area (Å²) in [6, 6.07) is 1.74. The van der Waals surface area contributed by atoms with Crippen molar-refractivity contribution in [3.8, 4) is 6.19 Å². The molecule has 92 valence electrons. The standard InChI is InChI=1S/C12H19N5/c1-9-16-10(7-11(17-9)15-8-13)14-6-5-12(2,3)4/h7H,5-6H2,1-4H3,(H2,14,15,16,17). The highest BCUT2D eigenvalue weighted by Crippen LogP contribution is 2.18. The first kappa shape index (κ1) is 13.2. The Morgan fingerprint density at radius 1 is 1.29 bits per heavy atom. The summed E-state index contributed by atoms with van der Waals surface area (Å²) in [5.74, 6) is 1.92. The zero-order valence-electron chi connectivity index (χ0n) is 10.8. The van der Waals surface area contributed by atoms with Crippen molar-refractivity contribution in [1.29, 1.82) is 5.26 Å². The van der Waals surface area contributed by atoms with Gasteiger partial charge in [-0.2, -0.15) is 5.26 Å². The molecule has 0 spiro atoms. The Morgan fingerprint density at radius 3 is 2.53 bits per heavy atom. The number of rotatable bonds is 4. The van der Waals surface area contributed by atoms with Crippen LogP contribution in [0.4, 0.5) is 11.6 Å². The fourth-order valence-corrected chi connectivity index (χ4v) is 1.35. The van der Waals surface area contributed by atoms with Crippen LogP contribution in [0.15, 0.2) is 6.07 Å². The minimum absolute atomic E-state index is 0.294. The first-order valence-electron chi connectivity index (χ1n) is 5.65. The first-order valence-corrected chi connectivity index (χ1v) is 5.65. The molecule has 0 amide bonds. The Bertz CT molecular complexity index is 414. The number of nitrogens with one attached hydrogen (secondary N) is 2. The molecule has 0 aliphatic heterocycles. The summed E-state index contributed by atoms with van der Waals surface area (Å²) in [7, 11) is 0. The third-order valence-electron chi connectivity index (χ3n) is 2.20. The van der Waals surface area contributed by atoms with Gasteiger partial charge >= 0.3 is 0 Å². The highest BCUT2D eigenvalue weighted by molar-refractivity contribution is 5.49. The van der Waals surface area contributed by atoms with Gasteiger partial charge in [-0.3, -0.25) is 5.32 Å². The molecule has 0 aliphatic rings. The summed E-state index contributed by atoms with van der Waals surface area (Å²) in [5.41, 5.74) is 0.294. The quantitative estimate of drug-likeness (QED) is 0.617. The van der Waals surface area contributed by atoms with Crippen LogP contribution in [0.5, 0.6) is 0 Å². The van der Waals surface area contributed by atoms with Gasteiger partial charge in [0, 0.05) is 12.6 Å². The lowest BCUT2D eigenvalue weighted by molar-refractivity contribution is 0.389. The molecule has 2 N–H and O–H groups in total. The summed E-state index contributed by atoms with van der Waals surface area (Å²) in [4.78, 5) is 8.36. The van der Waals surface area contributed by atoms with Crippen LogP contribution in [0.25, 0.3) is 0 Å². The molecule has 0 aromatic carbocycles. The lowest BCUT2D eigenvalue weighted by Gasteiger charge is -2.18. The van der Waals surface area contributed by atoms with E-state index < -0.39 is 0 Å². The summed E-state index contributed by atoms with van der Waals surface area (Å²) in [6.07, 6.45) is 2.90. The van der Waals surface area contributed by atoms with Gasteiger partial charge in [0.25, 0.3) is 0 Å². The smallest absolute Gasteiger partial charge is 0.182 e. The van der Waals surface area contributed by atoms with Crippen LogP contribution in [0.2, 0.25) is 0 Å². The monoisotopic (exact) mass is 233 g/mol. The predicted molar refractivity (Wildman–Crippen MR) is 68.6 cm³/mol. The molecule has 1 aromatic heterocycles. The molecule has 0 bridgehead atoms. The van der Waals surface area contributed by atoms with Gasteiger partial charge in [0.2, 0.25) is 0 Å². The zero-order chi connectivity index (χ0) is 12.9. The van der Waals surface area contributed by atoms with Crippen LogP contribution in [-0.4, -0.2) is 16.5 Å². The van der Waals surface area contributed by atoms with E-state index in [2.05, 4.69) is 41.4 Å². The number of aryl methyl sites for hydroxylation is 1. The van der Waals surface area contributed by atoms with Crippen molar-refractivity contribution in [1.82, 2.24) is 9.97 Å². The maximum absolute atomic E-state index is 8.54. The van der Waals surface area contributed by atoms with E-state index in [1.54, 1.807) is 13.0 Å². The third kappa shape index (κ3) is 5.16. The lowest BCUT2D eigenvalue weighted by atomic mass is 9.92. The van der Waals surface area contributed by atoms with Crippen LogP contribution in [0.3, 0.4) is 0 Å². The number of hydrogen-bond acceptors (Lipinski definition) is 5. The average molecular weight is 233 g/mol. The number of nitrogens with zero attached hydrogens (tertiary/aromatic N) is 3. The van der Waals surface area contributed by atoms with E-state index in [0.29, 0.717) is 17.1 Å². The Balaban J connectivity index is 2.62. The van der Waals surface area contributed by atoms with Gasteiger partial charge in [-0.1, -0.05) is 20.8 Å². The number of hydrogen-bond donors (Lipinski definition) is 2. The van der Waals surface area contributed by atoms with Crippen molar-refractivity contribution in [3.05, 3.63) is 11.9 Å². The highest BCUT2D eigenvalue weighted by Gasteiger charge is 2.09. The molecular weight excluding hydrogens is 214 g/mol. The van der Waals surface area contributed by atoms with Gasteiger partial charge in [0.1, 0.15) is 17.5 Å². The number of aromatic nitrogens is 2. The molecule has 1 rings (SSSR count). The molecule has 5 heteroatoms. The number of anilines is 2. The largest absolute Gasteiger partial charge is 0.370 e. The predicted octanol–water partition coefficient (Wildman–Crippen LogP) is 2.53. The summed E-state index contributed by atoms with van der Waals surface area (Å²) in [5, 5.41) is 14.3. The van der Waals surface area contributed by atoms with Crippen molar-refractivity contribution >= 4 is 11.6 Å². The zero-order valence-corrected chi connectivity index (χ0v) is 10.8. The Kier molecular flexibility index (Phi) is 4.27. The molecule has 0 atom stereocenters. The topological polar surface area (TPSA) is 73.6 Å². The van der Waals surface area contributed by atoms with Crippen LogP contribution in [0.1, 0.15) is 33.0 Å². The Hall–Kier alpha value is -1.83. The van der Waals surface area contributed by atoms with Crippen LogP contribution < -0.4 is 10.6 Å². The van der Waals surface area contributed by atoms with Gasteiger partial charge in [-0.25, -0.2) is 9.97 Å². The Labute approximate surface area is 102 Å². The average Bonchev–Trinajstić information content (AvgIpc) is 2.15. The molecule has 5 nitrogen and oxygen atoms in total. The van der Waals surface area contributed by atoms with Crippen LogP contribution in [-0.2, 0) is 0 Å². The van der Waals surface area contributed by atoms with Gasteiger partial charge in [0.15, 0.2) is 6.19 Å². The SMILES string of the molecule is Cc1nc(NC#N)cc(NCCC(C)(C)C)n1. The minimum Gasteiger partial charge on any atom is -0.370 e. The van der Waals surface area contributed by atoms with E-state index in [1.807, 2.05) is 6.19 Å². The molecule has 1 aromatic rings. The molecule has 0 unspecified atom stereocenters. The second-order valence-electron chi connectivity index (χ2n) is 5.16. The van der Waals surface area contributed by atoms with E-state index in [4.69, 9.17) is 5.26 Å². The second-order valence-corrected chi connectivity index (χ2v) is 5.16. The van der Waals surface area contributed by atoms with E-state index >= 15 is 0 Å². The fraction of sp³-hybridized carbons (Fsp3) is 0.583. The summed E-state index contributed by atoms with van der Waals surface area (Å²) < 4.78 is 0. The van der Waals surface area contributed by atoms with Crippen molar-refractivity contribution in [2.24, 2.45) is 5.41 Å². The van der Waals surface area contributed by atoms with Gasteiger partial charge in [0.05, 0.1) is 0 Å². The van der Waals surface area contributed by atoms with Crippen LogP contribution >= 0.6 is 0 Å². The molecule has 0 fully saturated rings. The second kappa shape index (κ2) is 5.48. The minimum atomic E-state index is 0.294. The molecule has 0 saturated heterocycles. The van der Waals surface area contributed by atoms with E-state index in [-0.39, 0.29) is 0 Å². The molecule has 0 radical (unpaired) electrons. The molecular formula is C12H19N5. The fourth-order valence-electron chi connectivity index (χ4n) is 1.35. The molecule has 0 aliphatic carbocycles. The van der Waals surface area contributed by atoms with Gasteiger partial charge in [-0.15, -0.1) is 0 Å². The van der Waals surface area contributed by atoms with Crippen LogP contribution in [0, 0.1) is 23.8 Å². The van der Waals surface area contributed by atoms with E-state index in [9.17, 15) is 0 Å². The molecule has 0 saturated carbocycles. The Morgan fingerprint density at radius 2 is 1.94 bits per heavy atom. The van der Waals surface area contributed by atoms with E-state index in [1.165, 1.54) is 0 Å². The normalized spacial score (nSPS) is 10.8. The van der Waals surface area contributed by atoms with Crippen molar-refractivity contribution in [2.45, 2.75) is 34.1 Å². The van der Waals surface area contributed by atoms with Crippen molar-refractivity contribution in [2.75, 3.05) is 17.2 Å². The summed E-state index contributed by atoms with van der Waals surface area (Å²) >= 11 is 0. The molecule has 17 heavy (non-hydrogen) atoms. The summed E-state index contributed by atoms with van der Waals surface area (Å²) in [6.45, 7) is 9.25. The lowest BCUT2D eigenvalue weighted by Crippen LogP contribution is -2.14. The first-order chi connectivity index (χ1) is 7.90. The number of nitriles is 1. The van der Waals surface area contributed by atoms with Gasteiger partial charge < -0.3 is 5.32 Å². The van der Waals surface area contributed by atoms with Crippen molar-refractivity contribution in [3.63, 3.8) is 0 Å². The van der Waals surface area contributed by atoms with Crippen molar-refractivity contribution < 1.29 is 0 Å².